The Hall–Kier alpha value is -2.28. The number of para-hydroxylation sites is 1. The highest BCUT2D eigenvalue weighted by molar-refractivity contribution is 5.69. The summed E-state index contributed by atoms with van der Waals surface area (Å²) in [6.45, 7) is 1.99. The maximum atomic E-state index is 9.43. The molecule has 3 rings (SSSR count). The zero-order valence-corrected chi connectivity index (χ0v) is 11.7. The lowest BCUT2D eigenvalue weighted by Crippen LogP contribution is -2.33. The molecule has 0 amide bonds. The van der Waals surface area contributed by atoms with Gasteiger partial charge in [0.1, 0.15) is 17.0 Å². The molecular formula is C16H17N3O. The molecule has 0 spiro atoms. The molecule has 2 aromatic rings. The van der Waals surface area contributed by atoms with Gasteiger partial charge >= 0.3 is 0 Å². The summed E-state index contributed by atoms with van der Waals surface area (Å²) in [5.41, 5.74) is 2.40. The minimum atomic E-state index is -0.412. The lowest BCUT2D eigenvalue weighted by atomic mass is 9.69. The fraction of sp³-hybridized carbons (Fsp3) is 0.375. The Balaban J connectivity index is 2.08. The van der Waals surface area contributed by atoms with Crippen LogP contribution in [0.15, 0.2) is 24.3 Å². The average Bonchev–Trinajstić information content (AvgIpc) is 2.80. The third kappa shape index (κ3) is 1.78. The number of hydrogen-bond acceptors (Lipinski definition) is 3. The van der Waals surface area contributed by atoms with E-state index < -0.39 is 5.41 Å². The highest BCUT2D eigenvalue weighted by atomic mass is 16.5. The number of ether oxygens (including phenoxy) is 1. The van der Waals surface area contributed by atoms with Crippen molar-refractivity contribution in [1.82, 2.24) is 9.97 Å². The van der Waals surface area contributed by atoms with Gasteiger partial charge in [-0.25, -0.2) is 4.98 Å². The normalized spacial score (nSPS) is 16.2. The largest absolute Gasteiger partial charge is 0.496 e. The van der Waals surface area contributed by atoms with Crippen LogP contribution in [-0.2, 0) is 5.41 Å². The minimum absolute atomic E-state index is 0.412. The van der Waals surface area contributed by atoms with E-state index in [1.807, 2.05) is 31.2 Å². The number of imidazole rings is 1. The summed E-state index contributed by atoms with van der Waals surface area (Å²) < 4.78 is 5.40. The summed E-state index contributed by atoms with van der Waals surface area (Å²) in [4.78, 5) is 7.99. The number of aryl methyl sites for hydroxylation is 1. The Labute approximate surface area is 118 Å². The number of aromatic amines is 1. The number of methoxy groups -OCH3 is 1. The van der Waals surface area contributed by atoms with Crippen LogP contribution in [-0.4, -0.2) is 17.1 Å². The summed E-state index contributed by atoms with van der Waals surface area (Å²) >= 11 is 0. The van der Waals surface area contributed by atoms with Crippen molar-refractivity contribution >= 4 is 0 Å². The van der Waals surface area contributed by atoms with E-state index in [2.05, 4.69) is 11.1 Å². The van der Waals surface area contributed by atoms with Gasteiger partial charge in [-0.1, -0.05) is 12.1 Å². The van der Waals surface area contributed by atoms with Gasteiger partial charge in [-0.2, -0.15) is 5.26 Å². The smallest absolute Gasteiger partial charge is 0.128 e. The van der Waals surface area contributed by atoms with Crippen LogP contribution in [0.2, 0.25) is 0 Å². The molecule has 102 valence electrons. The Bertz CT molecular complexity index is 677. The van der Waals surface area contributed by atoms with Crippen LogP contribution < -0.4 is 4.74 Å². The molecule has 0 atom stereocenters. The summed E-state index contributed by atoms with van der Waals surface area (Å²) in [6.07, 6.45) is 2.88. The third-order valence-corrected chi connectivity index (χ3v) is 4.12. The first-order valence-corrected chi connectivity index (χ1v) is 6.82. The second-order valence-corrected chi connectivity index (χ2v) is 5.31. The Morgan fingerprint density at radius 2 is 2.10 bits per heavy atom. The monoisotopic (exact) mass is 267 g/mol. The summed E-state index contributed by atoms with van der Waals surface area (Å²) in [6, 6.07) is 10.2. The molecule has 1 saturated carbocycles. The third-order valence-electron chi connectivity index (χ3n) is 4.12. The Morgan fingerprint density at radius 1 is 1.35 bits per heavy atom. The number of nitrogens with zero attached hydrogens (tertiary/aromatic N) is 2. The van der Waals surface area contributed by atoms with Gasteiger partial charge < -0.3 is 9.72 Å². The lowest BCUT2D eigenvalue weighted by Gasteiger charge is -2.32. The van der Waals surface area contributed by atoms with E-state index >= 15 is 0 Å². The average molecular weight is 267 g/mol. The number of rotatable bonds is 3. The summed E-state index contributed by atoms with van der Waals surface area (Å²) in [5.74, 6) is 1.60. The van der Waals surface area contributed by atoms with Crippen molar-refractivity contribution in [2.45, 2.75) is 31.6 Å². The van der Waals surface area contributed by atoms with Gasteiger partial charge in [0.05, 0.1) is 18.9 Å². The molecule has 1 aromatic carbocycles. The SMILES string of the molecule is COc1ccccc1-c1nc(C2(C#N)CCC2)[nH]c1C. The van der Waals surface area contributed by atoms with E-state index in [9.17, 15) is 5.26 Å². The number of H-pyrrole nitrogens is 1. The second-order valence-electron chi connectivity index (χ2n) is 5.31. The molecule has 0 aliphatic heterocycles. The van der Waals surface area contributed by atoms with Gasteiger partial charge in [0.25, 0.3) is 0 Å². The summed E-state index contributed by atoms with van der Waals surface area (Å²) in [5, 5.41) is 9.43. The first kappa shape index (κ1) is 12.7. The van der Waals surface area contributed by atoms with Crippen LogP contribution in [0.3, 0.4) is 0 Å². The molecule has 1 aliphatic carbocycles. The highest BCUT2D eigenvalue weighted by Gasteiger charge is 2.42. The van der Waals surface area contributed by atoms with Gasteiger partial charge in [-0.05, 0) is 38.3 Å². The first-order valence-electron chi connectivity index (χ1n) is 6.82. The van der Waals surface area contributed by atoms with E-state index in [4.69, 9.17) is 9.72 Å². The fourth-order valence-corrected chi connectivity index (χ4v) is 2.72. The summed E-state index contributed by atoms with van der Waals surface area (Å²) in [7, 11) is 1.66. The number of aromatic nitrogens is 2. The number of nitriles is 1. The maximum absolute atomic E-state index is 9.43. The van der Waals surface area contributed by atoms with Crippen molar-refractivity contribution in [2.24, 2.45) is 0 Å². The van der Waals surface area contributed by atoms with Crippen molar-refractivity contribution in [1.29, 1.82) is 5.26 Å². The standard InChI is InChI=1S/C16H17N3O/c1-11-14(12-6-3-4-7-13(12)20-2)19-15(18-11)16(10-17)8-5-9-16/h3-4,6-7H,5,8-9H2,1-2H3,(H,18,19). The molecule has 1 heterocycles. The zero-order valence-electron chi connectivity index (χ0n) is 11.7. The number of hydrogen-bond donors (Lipinski definition) is 1. The second kappa shape index (κ2) is 4.68. The van der Waals surface area contributed by atoms with Crippen LogP contribution in [0, 0.1) is 18.3 Å². The molecule has 1 aromatic heterocycles. The van der Waals surface area contributed by atoms with Crippen molar-refractivity contribution in [3.63, 3.8) is 0 Å². The van der Waals surface area contributed by atoms with Crippen LogP contribution >= 0.6 is 0 Å². The predicted octanol–water partition coefficient (Wildman–Crippen LogP) is 3.34. The van der Waals surface area contributed by atoms with Crippen molar-refractivity contribution in [3.8, 4) is 23.1 Å². The molecule has 0 radical (unpaired) electrons. The molecule has 1 fully saturated rings. The van der Waals surface area contributed by atoms with Crippen LogP contribution in [0.1, 0.15) is 30.8 Å². The van der Waals surface area contributed by atoms with E-state index in [1.54, 1.807) is 7.11 Å². The van der Waals surface area contributed by atoms with Crippen molar-refractivity contribution < 1.29 is 4.74 Å². The number of nitrogens with one attached hydrogen (secondary N) is 1. The van der Waals surface area contributed by atoms with Gasteiger partial charge in [0.2, 0.25) is 0 Å². The van der Waals surface area contributed by atoms with Crippen LogP contribution in [0.4, 0.5) is 0 Å². The molecule has 1 N–H and O–H groups in total. The molecule has 4 nitrogen and oxygen atoms in total. The van der Waals surface area contributed by atoms with E-state index in [-0.39, 0.29) is 0 Å². The Morgan fingerprint density at radius 3 is 2.70 bits per heavy atom. The molecule has 0 bridgehead atoms. The van der Waals surface area contributed by atoms with Gasteiger partial charge in [0.15, 0.2) is 0 Å². The van der Waals surface area contributed by atoms with Crippen molar-refractivity contribution in [2.75, 3.05) is 7.11 Å². The molecule has 0 saturated heterocycles. The molecule has 20 heavy (non-hydrogen) atoms. The first-order chi connectivity index (χ1) is 9.70. The van der Waals surface area contributed by atoms with Crippen LogP contribution in [0.25, 0.3) is 11.3 Å². The quantitative estimate of drug-likeness (QED) is 0.927. The van der Waals surface area contributed by atoms with Gasteiger partial charge in [-0.15, -0.1) is 0 Å². The van der Waals surface area contributed by atoms with Crippen molar-refractivity contribution in [3.05, 3.63) is 35.8 Å². The predicted molar refractivity (Wildman–Crippen MR) is 76.5 cm³/mol. The van der Waals surface area contributed by atoms with Crippen LogP contribution in [0.5, 0.6) is 5.75 Å². The van der Waals surface area contributed by atoms with E-state index in [1.165, 1.54) is 0 Å². The van der Waals surface area contributed by atoms with E-state index in [0.717, 1.165) is 47.8 Å². The Kier molecular flexibility index (Phi) is 2.98. The fourth-order valence-electron chi connectivity index (χ4n) is 2.72. The molecule has 4 heteroatoms. The zero-order chi connectivity index (χ0) is 14.2. The maximum Gasteiger partial charge on any atom is 0.128 e. The number of benzene rings is 1. The van der Waals surface area contributed by atoms with Gasteiger partial charge in [-0.3, -0.25) is 0 Å². The molecule has 1 aliphatic rings. The van der Waals surface area contributed by atoms with Gasteiger partial charge in [0, 0.05) is 11.3 Å². The highest BCUT2D eigenvalue weighted by Crippen LogP contribution is 2.43. The topological polar surface area (TPSA) is 61.7 Å². The lowest BCUT2D eigenvalue weighted by molar-refractivity contribution is 0.309. The van der Waals surface area contributed by atoms with E-state index in [0.29, 0.717) is 0 Å². The minimum Gasteiger partial charge on any atom is -0.496 e. The molecular weight excluding hydrogens is 250 g/mol. The molecule has 0 unspecified atom stereocenters.